The highest BCUT2D eigenvalue weighted by atomic mass is 16.5. The highest BCUT2D eigenvalue weighted by Crippen LogP contribution is 2.18. The van der Waals surface area contributed by atoms with Crippen molar-refractivity contribution in [2.24, 2.45) is 0 Å². The van der Waals surface area contributed by atoms with Crippen molar-refractivity contribution in [3.63, 3.8) is 0 Å². The maximum absolute atomic E-state index is 12.3. The van der Waals surface area contributed by atoms with Crippen LogP contribution in [0.15, 0.2) is 48.5 Å². The fourth-order valence-electron chi connectivity index (χ4n) is 3.48. The number of nitrogens with zero attached hydrogens (tertiary/aromatic N) is 1. The minimum Gasteiger partial charge on any atom is -0.489 e. The van der Waals surface area contributed by atoms with Crippen molar-refractivity contribution in [2.45, 2.75) is 57.6 Å². The van der Waals surface area contributed by atoms with Crippen LogP contribution in [0.5, 0.6) is 5.75 Å². The molecular weight excluding hydrogens is 350 g/mol. The van der Waals surface area contributed by atoms with Gasteiger partial charge >= 0.3 is 6.03 Å². The van der Waals surface area contributed by atoms with Crippen LogP contribution in [0.3, 0.4) is 0 Å². The van der Waals surface area contributed by atoms with E-state index in [0.717, 1.165) is 35.4 Å². The van der Waals surface area contributed by atoms with Gasteiger partial charge in [-0.05, 0) is 48.2 Å². The fourth-order valence-corrected chi connectivity index (χ4v) is 3.48. The molecule has 2 amide bonds. The van der Waals surface area contributed by atoms with Crippen molar-refractivity contribution in [2.75, 3.05) is 5.32 Å². The molecule has 0 radical (unpaired) electrons. The van der Waals surface area contributed by atoms with Crippen LogP contribution in [-0.2, 0) is 13.0 Å². The summed E-state index contributed by atoms with van der Waals surface area (Å²) >= 11 is 0. The number of urea groups is 1. The van der Waals surface area contributed by atoms with Gasteiger partial charge in [0, 0.05) is 11.7 Å². The maximum Gasteiger partial charge on any atom is 0.319 e. The number of amides is 2. The third kappa shape index (κ3) is 6.31. The number of anilines is 1. The molecule has 146 valence electrons. The predicted molar refractivity (Wildman–Crippen MR) is 110 cm³/mol. The van der Waals surface area contributed by atoms with Gasteiger partial charge < -0.3 is 15.4 Å². The summed E-state index contributed by atoms with van der Waals surface area (Å²) in [7, 11) is 0. The zero-order valence-corrected chi connectivity index (χ0v) is 16.1. The van der Waals surface area contributed by atoms with Gasteiger partial charge in [-0.2, -0.15) is 5.26 Å². The third-order valence-electron chi connectivity index (χ3n) is 4.99. The summed E-state index contributed by atoms with van der Waals surface area (Å²) in [5.74, 6) is 0.756. The van der Waals surface area contributed by atoms with Gasteiger partial charge in [-0.15, -0.1) is 0 Å². The van der Waals surface area contributed by atoms with Crippen molar-refractivity contribution >= 4 is 11.7 Å². The Balaban J connectivity index is 1.50. The van der Waals surface area contributed by atoms with Crippen LogP contribution in [-0.4, -0.2) is 12.1 Å². The molecule has 1 saturated carbocycles. The van der Waals surface area contributed by atoms with Gasteiger partial charge in [-0.3, -0.25) is 0 Å². The first kappa shape index (κ1) is 19.8. The molecule has 2 aromatic carbocycles. The molecule has 0 spiro atoms. The second kappa shape index (κ2) is 10.4. The Morgan fingerprint density at radius 2 is 1.79 bits per heavy atom. The number of nitriles is 1. The highest BCUT2D eigenvalue weighted by molar-refractivity contribution is 5.89. The van der Waals surface area contributed by atoms with Gasteiger partial charge in [0.15, 0.2) is 0 Å². The first-order valence-corrected chi connectivity index (χ1v) is 9.98. The minimum atomic E-state index is -0.141. The number of hydrogen-bond donors (Lipinski definition) is 2. The fraction of sp³-hybridized carbons (Fsp3) is 0.391. The van der Waals surface area contributed by atoms with Gasteiger partial charge in [-0.25, -0.2) is 4.79 Å². The standard InChI is InChI=1S/C23H27N3O2/c24-15-14-18-10-12-22(13-11-18)28-17-19-6-5-9-21(16-19)26-23(27)25-20-7-3-1-2-4-8-20/h5-6,9-13,16,20H,1-4,7-8,14,17H2,(H2,25,26,27). The second-order valence-corrected chi connectivity index (χ2v) is 7.25. The summed E-state index contributed by atoms with van der Waals surface area (Å²) in [6.45, 7) is 0.414. The van der Waals surface area contributed by atoms with Crippen molar-refractivity contribution in [1.82, 2.24) is 5.32 Å². The lowest BCUT2D eigenvalue weighted by molar-refractivity contribution is 0.247. The normalized spacial score (nSPS) is 14.5. The van der Waals surface area contributed by atoms with E-state index in [-0.39, 0.29) is 12.1 Å². The Morgan fingerprint density at radius 1 is 1.04 bits per heavy atom. The monoisotopic (exact) mass is 377 g/mol. The summed E-state index contributed by atoms with van der Waals surface area (Å²) in [6, 6.07) is 17.5. The summed E-state index contributed by atoms with van der Waals surface area (Å²) in [5.41, 5.74) is 2.71. The molecule has 0 saturated heterocycles. The molecule has 1 aliphatic carbocycles. The van der Waals surface area contributed by atoms with E-state index in [9.17, 15) is 4.79 Å². The average Bonchev–Trinajstić information content (AvgIpc) is 2.96. The topological polar surface area (TPSA) is 74.1 Å². The lowest BCUT2D eigenvalue weighted by Crippen LogP contribution is -2.37. The minimum absolute atomic E-state index is 0.141. The summed E-state index contributed by atoms with van der Waals surface area (Å²) in [4.78, 5) is 12.3. The predicted octanol–water partition coefficient (Wildman–Crippen LogP) is 5.18. The molecule has 1 aliphatic rings. The van der Waals surface area contributed by atoms with E-state index in [0.29, 0.717) is 13.0 Å². The molecule has 0 aromatic heterocycles. The maximum atomic E-state index is 12.3. The van der Waals surface area contributed by atoms with Gasteiger partial charge in [0.05, 0.1) is 12.5 Å². The molecule has 1 fully saturated rings. The SMILES string of the molecule is N#CCc1ccc(OCc2cccc(NC(=O)NC3CCCCCC3)c2)cc1. The number of hydrogen-bond acceptors (Lipinski definition) is 3. The molecule has 2 aromatic rings. The lowest BCUT2D eigenvalue weighted by Gasteiger charge is -2.17. The largest absolute Gasteiger partial charge is 0.489 e. The van der Waals surface area contributed by atoms with E-state index in [1.807, 2.05) is 48.5 Å². The lowest BCUT2D eigenvalue weighted by atomic mass is 10.1. The summed E-state index contributed by atoms with van der Waals surface area (Å²) in [5, 5.41) is 14.7. The molecule has 0 heterocycles. The third-order valence-corrected chi connectivity index (χ3v) is 4.99. The van der Waals surface area contributed by atoms with Crippen LogP contribution in [0.1, 0.15) is 49.7 Å². The van der Waals surface area contributed by atoms with Gasteiger partial charge in [-0.1, -0.05) is 49.9 Å². The summed E-state index contributed by atoms with van der Waals surface area (Å²) < 4.78 is 5.81. The van der Waals surface area contributed by atoms with Crippen molar-refractivity contribution < 1.29 is 9.53 Å². The molecule has 28 heavy (non-hydrogen) atoms. The van der Waals surface area contributed by atoms with E-state index >= 15 is 0 Å². The van der Waals surface area contributed by atoms with E-state index in [1.165, 1.54) is 25.7 Å². The van der Waals surface area contributed by atoms with Crippen LogP contribution in [0.2, 0.25) is 0 Å². The molecule has 0 atom stereocenters. The Labute approximate surface area is 166 Å². The average molecular weight is 377 g/mol. The van der Waals surface area contributed by atoms with Crippen LogP contribution in [0, 0.1) is 11.3 Å². The molecule has 0 bridgehead atoms. The second-order valence-electron chi connectivity index (χ2n) is 7.25. The van der Waals surface area contributed by atoms with E-state index in [2.05, 4.69) is 16.7 Å². The van der Waals surface area contributed by atoms with Crippen molar-refractivity contribution in [1.29, 1.82) is 5.26 Å². The number of ether oxygens (including phenoxy) is 1. The van der Waals surface area contributed by atoms with E-state index in [1.54, 1.807) is 0 Å². The highest BCUT2D eigenvalue weighted by Gasteiger charge is 2.14. The summed E-state index contributed by atoms with van der Waals surface area (Å²) in [6.07, 6.45) is 7.44. The molecular formula is C23H27N3O2. The Hall–Kier alpha value is -3.00. The number of carbonyl (C=O) groups excluding carboxylic acids is 1. The molecule has 5 heteroatoms. The first-order valence-electron chi connectivity index (χ1n) is 9.98. The number of benzene rings is 2. The first-order chi connectivity index (χ1) is 13.7. The van der Waals surface area contributed by atoms with Crippen LogP contribution in [0.4, 0.5) is 10.5 Å². The molecule has 0 unspecified atom stereocenters. The Morgan fingerprint density at radius 3 is 2.50 bits per heavy atom. The molecule has 0 aliphatic heterocycles. The zero-order valence-electron chi connectivity index (χ0n) is 16.1. The number of nitrogens with one attached hydrogen (secondary N) is 2. The van der Waals surface area contributed by atoms with E-state index < -0.39 is 0 Å². The quantitative estimate of drug-likeness (QED) is 0.682. The van der Waals surface area contributed by atoms with E-state index in [4.69, 9.17) is 10.00 Å². The number of rotatable bonds is 6. The van der Waals surface area contributed by atoms with Gasteiger partial charge in [0.1, 0.15) is 12.4 Å². The van der Waals surface area contributed by atoms with Crippen LogP contribution in [0.25, 0.3) is 0 Å². The molecule has 3 rings (SSSR count). The smallest absolute Gasteiger partial charge is 0.319 e. The van der Waals surface area contributed by atoms with Crippen molar-refractivity contribution in [3.8, 4) is 11.8 Å². The Kier molecular flexibility index (Phi) is 7.31. The van der Waals surface area contributed by atoms with Crippen molar-refractivity contribution in [3.05, 3.63) is 59.7 Å². The molecule has 2 N–H and O–H groups in total. The van der Waals surface area contributed by atoms with Crippen LogP contribution >= 0.6 is 0 Å². The van der Waals surface area contributed by atoms with Gasteiger partial charge in [0.2, 0.25) is 0 Å². The Bertz CT molecular complexity index is 803. The zero-order chi connectivity index (χ0) is 19.6. The molecule has 5 nitrogen and oxygen atoms in total. The number of carbonyl (C=O) groups is 1. The van der Waals surface area contributed by atoms with Gasteiger partial charge in [0.25, 0.3) is 0 Å². The van der Waals surface area contributed by atoms with Crippen LogP contribution < -0.4 is 15.4 Å².